The van der Waals surface area contributed by atoms with Gasteiger partial charge >= 0.3 is 0 Å². The van der Waals surface area contributed by atoms with Crippen LogP contribution in [0.25, 0.3) is 0 Å². The summed E-state index contributed by atoms with van der Waals surface area (Å²) >= 11 is 0. The van der Waals surface area contributed by atoms with E-state index >= 15 is 0 Å². The molecule has 0 spiro atoms. The standard InChI is InChI=1S/C39H54NO4.ClH/c1-8-9-10-11-12-13-25-44-38-31(15-14-16-35(38)41-5)28-40-24-23-30-26-36(42-6)37(43-7)27-33(30)34(40)22-19-29-17-20-32(21-18-29)39(2,3)4;/h14-18,20-21,26-27H,8-13,19,22-25,28H2,1-7H3;1H/q+1;/p-1. The number of fused-ring (bicyclic) bond motifs is 1. The van der Waals surface area contributed by atoms with Crippen molar-refractivity contribution in [2.24, 2.45) is 0 Å². The maximum atomic E-state index is 6.45. The highest BCUT2D eigenvalue weighted by Crippen LogP contribution is 2.35. The summed E-state index contributed by atoms with van der Waals surface area (Å²) < 4.78 is 26.2. The highest BCUT2D eigenvalue weighted by Gasteiger charge is 2.29. The second kappa shape index (κ2) is 17.5. The van der Waals surface area contributed by atoms with Gasteiger partial charge in [-0.3, -0.25) is 0 Å². The third-order valence-electron chi connectivity index (χ3n) is 8.81. The normalized spacial score (nSPS) is 12.8. The molecule has 1 heterocycles. The van der Waals surface area contributed by atoms with Crippen LogP contribution >= 0.6 is 0 Å². The summed E-state index contributed by atoms with van der Waals surface area (Å²) in [6.07, 6.45) is 10.3. The van der Waals surface area contributed by atoms with E-state index in [4.69, 9.17) is 18.9 Å². The number of rotatable bonds is 16. The number of aryl methyl sites for hydroxylation is 1. The van der Waals surface area contributed by atoms with Crippen molar-refractivity contribution >= 4 is 5.71 Å². The lowest BCUT2D eigenvalue weighted by Crippen LogP contribution is -3.00. The van der Waals surface area contributed by atoms with Crippen molar-refractivity contribution in [2.45, 2.75) is 97.4 Å². The molecule has 0 radical (unpaired) electrons. The van der Waals surface area contributed by atoms with Gasteiger partial charge in [0.2, 0.25) is 0 Å². The van der Waals surface area contributed by atoms with Crippen molar-refractivity contribution in [2.75, 3.05) is 34.5 Å². The van der Waals surface area contributed by atoms with Crippen molar-refractivity contribution in [1.29, 1.82) is 0 Å². The molecule has 5 nitrogen and oxygen atoms in total. The van der Waals surface area contributed by atoms with Gasteiger partial charge in [-0.1, -0.05) is 90.1 Å². The van der Waals surface area contributed by atoms with Crippen molar-refractivity contribution in [3.8, 4) is 23.0 Å². The van der Waals surface area contributed by atoms with E-state index in [1.807, 2.05) is 6.07 Å². The lowest BCUT2D eigenvalue weighted by molar-refractivity contribution is -0.545. The first kappa shape index (κ1) is 36.3. The summed E-state index contributed by atoms with van der Waals surface area (Å²) in [7, 11) is 5.15. The van der Waals surface area contributed by atoms with Gasteiger partial charge in [-0.15, -0.1) is 0 Å². The molecule has 0 bridgehead atoms. The maximum Gasteiger partial charge on any atom is 0.184 e. The number of ether oxygens (including phenoxy) is 4. The fourth-order valence-electron chi connectivity index (χ4n) is 6.13. The summed E-state index contributed by atoms with van der Waals surface area (Å²) in [6.45, 7) is 11.4. The second-order valence-electron chi connectivity index (χ2n) is 13.0. The maximum absolute atomic E-state index is 6.45. The molecule has 45 heavy (non-hydrogen) atoms. The molecular weight excluding hydrogens is 582 g/mol. The molecule has 0 unspecified atom stereocenters. The van der Waals surface area contributed by atoms with Crippen LogP contribution in [-0.2, 0) is 24.8 Å². The van der Waals surface area contributed by atoms with Crippen molar-refractivity contribution in [3.63, 3.8) is 0 Å². The first-order valence-electron chi connectivity index (χ1n) is 16.5. The van der Waals surface area contributed by atoms with Crippen LogP contribution in [0.15, 0.2) is 54.6 Å². The van der Waals surface area contributed by atoms with Gasteiger partial charge in [0, 0.05) is 18.4 Å². The second-order valence-corrected chi connectivity index (χ2v) is 13.0. The van der Waals surface area contributed by atoms with Crippen LogP contribution < -0.4 is 31.4 Å². The molecule has 6 heteroatoms. The minimum atomic E-state index is 0. The molecule has 246 valence electrons. The number of para-hydroxylation sites is 1. The predicted octanol–water partition coefficient (Wildman–Crippen LogP) is 5.94. The third kappa shape index (κ3) is 9.66. The van der Waals surface area contributed by atoms with E-state index in [9.17, 15) is 0 Å². The zero-order chi connectivity index (χ0) is 31.5. The van der Waals surface area contributed by atoms with Crippen LogP contribution in [0.4, 0.5) is 0 Å². The van der Waals surface area contributed by atoms with E-state index in [1.165, 1.54) is 60.1 Å². The summed E-state index contributed by atoms with van der Waals surface area (Å²) in [4.78, 5) is 0. The van der Waals surface area contributed by atoms with Crippen molar-refractivity contribution in [3.05, 3.63) is 82.4 Å². The Morgan fingerprint density at radius 2 is 1.42 bits per heavy atom. The van der Waals surface area contributed by atoms with Crippen molar-refractivity contribution < 1.29 is 35.9 Å². The van der Waals surface area contributed by atoms with Gasteiger partial charge < -0.3 is 31.4 Å². The van der Waals surface area contributed by atoms with E-state index in [-0.39, 0.29) is 17.8 Å². The number of unbranched alkanes of at least 4 members (excludes halogenated alkanes) is 5. The Morgan fingerprint density at radius 3 is 2.09 bits per heavy atom. The molecule has 4 rings (SSSR count). The number of halogens is 1. The van der Waals surface area contributed by atoms with Gasteiger partial charge in [-0.2, -0.15) is 0 Å². The first-order chi connectivity index (χ1) is 21.3. The van der Waals surface area contributed by atoms with Crippen LogP contribution in [0.1, 0.15) is 100 Å². The molecular formula is C39H54ClNO4. The molecule has 3 aromatic carbocycles. The largest absolute Gasteiger partial charge is 1.00 e. The summed E-state index contributed by atoms with van der Waals surface area (Å²) in [6, 6.07) is 19.7. The topological polar surface area (TPSA) is 39.9 Å². The van der Waals surface area contributed by atoms with Gasteiger partial charge in [0.15, 0.2) is 35.3 Å². The molecule has 0 fully saturated rings. The monoisotopic (exact) mass is 635 g/mol. The molecule has 0 aromatic heterocycles. The Labute approximate surface area is 278 Å². The van der Waals surface area contributed by atoms with Crippen LogP contribution in [-0.4, -0.2) is 44.8 Å². The molecule has 0 amide bonds. The van der Waals surface area contributed by atoms with Crippen LogP contribution in [0.2, 0.25) is 0 Å². The molecule has 0 N–H and O–H groups in total. The Morgan fingerprint density at radius 1 is 0.756 bits per heavy atom. The molecule has 0 aliphatic carbocycles. The van der Waals surface area contributed by atoms with E-state index in [1.54, 1.807) is 21.3 Å². The lowest BCUT2D eigenvalue weighted by atomic mass is 9.86. The van der Waals surface area contributed by atoms with Crippen LogP contribution in [0.3, 0.4) is 0 Å². The lowest BCUT2D eigenvalue weighted by Gasteiger charge is -2.22. The number of nitrogens with zero attached hydrogens (tertiary/aromatic N) is 1. The van der Waals surface area contributed by atoms with Crippen LogP contribution in [0, 0.1) is 0 Å². The summed E-state index contributed by atoms with van der Waals surface area (Å²) in [5, 5.41) is 0. The predicted molar refractivity (Wildman–Crippen MR) is 182 cm³/mol. The van der Waals surface area contributed by atoms with E-state index in [0.717, 1.165) is 67.3 Å². The quantitative estimate of drug-likeness (QED) is 0.144. The molecule has 1 aliphatic rings. The fraction of sp³-hybridized carbons (Fsp3) is 0.513. The average Bonchev–Trinajstić information content (AvgIpc) is 3.03. The zero-order valence-corrected chi connectivity index (χ0v) is 29.4. The summed E-state index contributed by atoms with van der Waals surface area (Å²) in [5.41, 5.74) is 7.90. The molecule has 3 aromatic rings. The Balaban J connectivity index is 0.00000552. The average molecular weight is 636 g/mol. The van der Waals surface area contributed by atoms with E-state index in [2.05, 4.69) is 80.8 Å². The number of methoxy groups -OCH3 is 3. The van der Waals surface area contributed by atoms with Gasteiger partial charge in [-0.25, -0.2) is 4.58 Å². The molecule has 1 aliphatic heterocycles. The molecule has 0 atom stereocenters. The number of benzene rings is 3. The minimum absolute atomic E-state index is 0. The molecule has 0 saturated heterocycles. The van der Waals surface area contributed by atoms with Crippen LogP contribution in [0.5, 0.6) is 23.0 Å². The Bertz CT molecular complexity index is 1390. The number of hydrogen-bond acceptors (Lipinski definition) is 4. The van der Waals surface area contributed by atoms with Gasteiger partial charge in [-0.05, 0) is 59.2 Å². The first-order valence-corrected chi connectivity index (χ1v) is 16.5. The van der Waals surface area contributed by atoms with E-state index < -0.39 is 0 Å². The summed E-state index contributed by atoms with van der Waals surface area (Å²) in [5.74, 6) is 3.23. The Hall–Kier alpha value is -3.18. The highest BCUT2D eigenvalue weighted by atomic mass is 35.5. The van der Waals surface area contributed by atoms with E-state index in [0.29, 0.717) is 6.61 Å². The smallest absolute Gasteiger partial charge is 0.184 e. The Kier molecular flexibility index (Phi) is 14.1. The highest BCUT2D eigenvalue weighted by molar-refractivity contribution is 5.99. The van der Waals surface area contributed by atoms with Gasteiger partial charge in [0.1, 0.15) is 6.54 Å². The van der Waals surface area contributed by atoms with Gasteiger partial charge in [0.25, 0.3) is 0 Å². The molecule has 0 saturated carbocycles. The van der Waals surface area contributed by atoms with Crippen molar-refractivity contribution in [1.82, 2.24) is 0 Å². The third-order valence-corrected chi connectivity index (χ3v) is 8.81. The minimum Gasteiger partial charge on any atom is -1.00 e. The van der Waals surface area contributed by atoms with Gasteiger partial charge in [0.05, 0.1) is 33.5 Å². The fourth-order valence-corrected chi connectivity index (χ4v) is 6.13. The number of hydrogen-bond donors (Lipinski definition) is 0. The zero-order valence-electron chi connectivity index (χ0n) is 28.6. The SMILES string of the molecule is CCCCCCCCOc1c(C[N+]2=C(CCc3ccc(C(C)(C)C)cc3)c3cc(OC)c(OC)cc3CC2)cccc1OC.[Cl-].